The molecule has 0 saturated heterocycles. The zero-order chi connectivity index (χ0) is 26.9. The minimum absolute atomic E-state index is 0.00715. The topological polar surface area (TPSA) is 93.8 Å². The van der Waals surface area contributed by atoms with Gasteiger partial charge in [0.15, 0.2) is 0 Å². The van der Waals surface area contributed by atoms with Gasteiger partial charge in [-0.05, 0) is 25.1 Å². The molecule has 34 heavy (non-hydrogen) atoms. The van der Waals surface area contributed by atoms with Crippen LogP contribution in [0.25, 0.3) is 22.2 Å². The van der Waals surface area contributed by atoms with E-state index in [2.05, 4.69) is 15.0 Å². The summed E-state index contributed by atoms with van der Waals surface area (Å²) in [7, 11) is 0. The van der Waals surface area contributed by atoms with Crippen molar-refractivity contribution in [2.75, 3.05) is 12.7 Å². The van der Waals surface area contributed by atoms with Gasteiger partial charge in [0, 0.05) is 29.5 Å². The Hall–Kier alpha value is -4.22. The van der Waals surface area contributed by atoms with Gasteiger partial charge < -0.3 is 15.0 Å². The SMILES string of the molecule is [2H]C([2H])([2H])N(Cc1cn2cc(C(F)(F)F)ccc2n1)C(=O)c1cc2c(cc1F)nc(N)c1cnc(C)n12. The molecule has 5 aromatic rings. The summed E-state index contributed by atoms with van der Waals surface area (Å²) in [6.07, 6.45) is -1.15. The number of carbonyl (C=O) groups excluding carboxylic acids is 1. The summed E-state index contributed by atoms with van der Waals surface area (Å²) < 4.78 is 80.4. The molecular formula is C22H17F4N7O. The fourth-order valence-corrected chi connectivity index (χ4v) is 3.77. The molecule has 0 fully saturated rings. The van der Waals surface area contributed by atoms with Gasteiger partial charge in [-0.1, -0.05) is 0 Å². The Balaban J connectivity index is 1.57. The predicted molar refractivity (Wildman–Crippen MR) is 116 cm³/mol. The van der Waals surface area contributed by atoms with Crippen molar-refractivity contribution in [1.82, 2.24) is 28.7 Å². The molecule has 0 aliphatic carbocycles. The number of aryl methyl sites for hydroxylation is 1. The van der Waals surface area contributed by atoms with Crippen LogP contribution in [-0.2, 0) is 12.7 Å². The molecule has 4 aromatic heterocycles. The summed E-state index contributed by atoms with van der Waals surface area (Å²) >= 11 is 0. The van der Waals surface area contributed by atoms with Crippen LogP contribution in [0.1, 0.15) is 31.6 Å². The predicted octanol–water partition coefficient (Wildman–Crippen LogP) is 3.85. The highest BCUT2D eigenvalue weighted by atomic mass is 19.4. The minimum Gasteiger partial charge on any atom is -0.382 e. The van der Waals surface area contributed by atoms with Gasteiger partial charge in [0.05, 0.1) is 40.6 Å². The highest BCUT2D eigenvalue weighted by Crippen LogP contribution is 2.29. The van der Waals surface area contributed by atoms with Crippen molar-refractivity contribution in [3.63, 3.8) is 0 Å². The summed E-state index contributed by atoms with van der Waals surface area (Å²) in [5.41, 5.74) is 5.38. The lowest BCUT2D eigenvalue weighted by Crippen LogP contribution is -2.27. The Bertz CT molecular complexity index is 1710. The molecule has 0 radical (unpaired) electrons. The van der Waals surface area contributed by atoms with Crippen LogP contribution >= 0.6 is 0 Å². The number of amides is 1. The van der Waals surface area contributed by atoms with E-state index in [1.54, 1.807) is 11.3 Å². The Morgan fingerprint density at radius 1 is 1.21 bits per heavy atom. The van der Waals surface area contributed by atoms with Crippen LogP contribution in [0.15, 0.2) is 42.9 Å². The first-order chi connectivity index (χ1) is 17.2. The molecule has 0 saturated carbocycles. The molecule has 0 unspecified atom stereocenters. The molecule has 12 heteroatoms. The normalized spacial score (nSPS) is 13.9. The van der Waals surface area contributed by atoms with E-state index in [0.717, 1.165) is 28.8 Å². The van der Waals surface area contributed by atoms with Crippen LogP contribution in [0.3, 0.4) is 0 Å². The monoisotopic (exact) mass is 474 g/mol. The van der Waals surface area contributed by atoms with Gasteiger partial charge in [-0.25, -0.2) is 19.3 Å². The van der Waals surface area contributed by atoms with Gasteiger partial charge in [-0.2, -0.15) is 13.2 Å². The fraction of sp³-hybridized carbons (Fsp3) is 0.182. The second-order valence-electron chi connectivity index (χ2n) is 7.65. The van der Waals surface area contributed by atoms with E-state index in [9.17, 15) is 18.0 Å². The van der Waals surface area contributed by atoms with Crippen molar-refractivity contribution in [2.24, 2.45) is 0 Å². The second-order valence-corrected chi connectivity index (χ2v) is 7.65. The number of benzene rings is 1. The first kappa shape index (κ1) is 18.2. The van der Waals surface area contributed by atoms with E-state index in [1.165, 1.54) is 18.5 Å². The van der Waals surface area contributed by atoms with Gasteiger partial charge in [0.25, 0.3) is 5.91 Å². The molecule has 0 aliphatic rings. The van der Waals surface area contributed by atoms with Gasteiger partial charge in [-0.3, -0.25) is 9.20 Å². The average Bonchev–Trinajstić information content (AvgIpc) is 3.38. The van der Waals surface area contributed by atoms with E-state index in [4.69, 9.17) is 9.85 Å². The summed E-state index contributed by atoms with van der Waals surface area (Å²) in [6.45, 7) is -1.97. The van der Waals surface area contributed by atoms with Crippen molar-refractivity contribution < 1.29 is 26.5 Å². The number of nitrogens with two attached hydrogens (primary N) is 1. The number of hydrogen-bond acceptors (Lipinski definition) is 5. The standard InChI is InChI=1S/C22H17F4N7O/c1-11-28-7-18-20(27)30-16-6-15(23)14(5-17(16)33(11)18)21(34)31(2)9-13-10-32-8-12(22(24,25)26)3-4-19(32)29-13/h3-8,10H,9H2,1-2H3,(H2,27,30)/i2D3. The van der Waals surface area contributed by atoms with Gasteiger partial charge in [-0.15, -0.1) is 0 Å². The lowest BCUT2D eigenvalue weighted by atomic mass is 10.1. The quantitative estimate of drug-likeness (QED) is 0.401. The summed E-state index contributed by atoms with van der Waals surface area (Å²) in [5, 5.41) is 0. The third-order valence-corrected chi connectivity index (χ3v) is 5.37. The molecule has 5 rings (SSSR count). The van der Waals surface area contributed by atoms with E-state index < -0.39 is 42.5 Å². The largest absolute Gasteiger partial charge is 0.417 e. The van der Waals surface area contributed by atoms with Crippen molar-refractivity contribution in [2.45, 2.75) is 19.6 Å². The molecule has 174 valence electrons. The Morgan fingerprint density at radius 2 is 2.00 bits per heavy atom. The maximum atomic E-state index is 15.1. The Kier molecular flexibility index (Phi) is 3.97. The van der Waals surface area contributed by atoms with Crippen LogP contribution in [0.2, 0.25) is 0 Å². The number of alkyl halides is 3. The van der Waals surface area contributed by atoms with Crippen LogP contribution in [0.5, 0.6) is 0 Å². The molecule has 1 amide bonds. The molecule has 4 heterocycles. The summed E-state index contributed by atoms with van der Waals surface area (Å²) in [4.78, 5) is 26.2. The number of halogens is 4. The molecule has 0 bridgehead atoms. The fourth-order valence-electron chi connectivity index (χ4n) is 3.77. The first-order valence-electron chi connectivity index (χ1n) is 11.3. The number of pyridine rings is 1. The first-order valence-corrected chi connectivity index (χ1v) is 9.83. The lowest BCUT2D eigenvalue weighted by molar-refractivity contribution is -0.137. The number of rotatable bonds is 3. The van der Waals surface area contributed by atoms with Crippen LogP contribution in [-0.4, -0.2) is 41.5 Å². The van der Waals surface area contributed by atoms with Gasteiger partial charge >= 0.3 is 6.18 Å². The Labute approximate surface area is 193 Å². The number of imidazole rings is 2. The van der Waals surface area contributed by atoms with Gasteiger partial charge in [0.2, 0.25) is 0 Å². The Morgan fingerprint density at radius 3 is 2.74 bits per heavy atom. The highest BCUT2D eigenvalue weighted by Gasteiger charge is 2.31. The van der Waals surface area contributed by atoms with Crippen molar-refractivity contribution in [3.05, 3.63) is 71.3 Å². The molecule has 8 nitrogen and oxygen atoms in total. The van der Waals surface area contributed by atoms with Crippen LogP contribution < -0.4 is 5.73 Å². The number of nitrogens with zero attached hydrogens (tertiary/aromatic N) is 6. The van der Waals surface area contributed by atoms with Crippen molar-refractivity contribution in [1.29, 1.82) is 0 Å². The summed E-state index contributed by atoms with van der Waals surface area (Å²) in [5.74, 6) is -1.62. The van der Waals surface area contributed by atoms with Crippen LogP contribution in [0.4, 0.5) is 23.4 Å². The zero-order valence-electron chi connectivity index (χ0n) is 20.4. The number of anilines is 1. The number of hydrogen-bond donors (Lipinski definition) is 1. The van der Waals surface area contributed by atoms with Crippen molar-refractivity contribution in [3.8, 4) is 0 Å². The second kappa shape index (κ2) is 7.40. The minimum atomic E-state index is -4.59. The molecule has 2 N–H and O–H groups in total. The van der Waals surface area contributed by atoms with Crippen LogP contribution in [0, 0.1) is 12.7 Å². The number of aromatic nitrogens is 5. The average molecular weight is 474 g/mol. The number of nitrogen functional groups attached to an aromatic ring is 1. The molecule has 0 spiro atoms. The summed E-state index contributed by atoms with van der Waals surface area (Å²) in [6, 6.07) is 4.09. The highest BCUT2D eigenvalue weighted by molar-refractivity contribution is 5.98. The third-order valence-electron chi connectivity index (χ3n) is 5.37. The number of fused-ring (bicyclic) bond motifs is 4. The molecule has 1 aromatic carbocycles. The maximum Gasteiger partial charge on any atom is 0.417 e. The smallest absolute Gasteiger partial charge is 0.382 e. The molecule has 0 atom stereocenters. The zero-order valence-corrected chi connectivity index (χ0v) is 17.4. The molecule has 0 aliphatic heterocycles. The van der Waals surface area contributed by atoms with E-state index >= 15 is 4.39 Å². The van der Waals surface area contributed by atoms with E-state index in [1.807, 2.05) is 0 Å². The lowest BCUT2D eigenvalue weighted by Gasteiger charge is -2.17. The van der Waals surface area contributed by atoms with Crippen molar-refractivity contribution >= 4 is 33.9 Å². The van der Waals surface area contributed by atoms with Gasteiger partial charge in [0.1, 0.15) is 28.6 Å². The maximum absolute atomic E-state index is 15.1. The third kappa shape index (κ3) is 3.47. The number of carbonyl (C=O) groups is 1. The molecular weight excluding hydrogens is 454 g/mol. The van der Waals surface area contributed by atoms with E-state index in [-0.39, 0.29) is 28.2 Å². The van der Waals surface area contributed by atoms with E-state index in [0.29, 0.717) is 16.2 Å².